The maximum absolute atomic E-state index is 10.9. The van der Waals surface area contributed by atoms with Crippen LogP contribution in [0.25, 0.3) is 0 Å². The minimum Gasteiger partial charge on any atom is -0.480 e. The van der Waals surface area contributed by atoms with E-state index in [4.69, 9.17) is 5.11 Å². The number of carboxylic acids is 1. The maximum Gasteiger partial charge on any atom is 0.327 e. The van der Waals surface area contributed by atoms with Crippen molar-refractivity contribution in [2.45, 2.75) is 50.8 Å². The SMILES string of the molecule is CC(=O)NC(CSC1CCCC(C)C1)C(=O)O. The van der Waals surface area contributed by atoms with Crippen LogP contribution in [-0.4, -0.2) is 34.0 Å². The second kappa shape index (κ2) is 6.89. The number of carbonyl (C=O) groups excluding carboxylic acids is 1. The van der Waals surface area contributed by atoms with E-state index in [1.54, 1.807) is 11.8 Å². The van der Waals surface area contributed by atoms with Crippen LogP contribution in [0.2, 0.25) is 0 Å². The van der Waals surface area contributed by atoms with Gasteiger partial charge in [0.15, 0.2) is 0 Å². The predicted molar refractivity (Wildman–Crippen MR) is 69.1 cm³/mol. The minimum atomic E-state index is -0.948. The highest BCUT2D eigenvalue weighted by Crippen LogP contribution is 2.32. The van der Waals surface area contributed by atoms with Crippen LogP contribution in [0.4, 0.5) is 0 Å². The molecule has 1 saturated carbocycles. The van der Waals surface area contributed by atoms with Crippen LogP contribution in [0.15, 0.2) is 0 Å². The molecule has 0 heterocycles. The molecule has 0 aromatic heterocycles. The monoisotopic (exact) mass is 259 g/mol. The van der Waals surface area contributed by atoms with E-state index in [9.17, 15) is 9.59 Å². The second-order valence-electron chi connectivity index (χ2n) is 4.82. The van der Waals surface area contributed by atoms with Gasteiger partial charge in [-0.15, -0.1) is 0 Å². The summed E-state index contributed by atoms with van der Waals surface area (Å²) >= 11 is 1.68. The van der Waals surface area contributed by atoms with Gasteiger partial charge in [0.2, 0.25) is 5.91 Å². The van der Waals surface area contributed by atoms with Crippen LogP contribution in [0.1, 0.15) is 39.5 Å². The Bertz CT molecular complexity index is 283. The zero-order valence-corrected chi connectivity index (χ0v) is 11.3. The van der Waals surface area contributed by atoms with Gasteiger partial charge in [0.25, 0.3) is 0 Å². The highest BCUT2D eigenvalue weighted by molar-refractivity contribution is 7.99. The van der Waals surface area contributed by atoms with Gasteiger partial charge in [0, 0.05) is 17.9 Å². The minimum absolute atomic E-state index is 0.282. The molecule has 0 radical (unpaired) electrons. The normalized spacial score (nSPS) is 26.2. The van der Waals surface area contributed by atoms with Crippen LogP contribution in [0.3, 0.4) is 0 Å². The van der Waals surface area contributed by atoms with Crippen LogP contribution >= 0.6 is 11.8 Å². The Hall–Kier alpha value is -0.710. The van der Waals surface area contributed by atoms with Gasteiger partial charge >= 0.3 is 5.97 Å². The molecule has 1 rings (SSSR count). The first-order valence-corrected chi connectivity index (χ1v) is 7.15. The van der Waals surface area contributed by atoms with E-state index in [0.717, 1.165) is 12.3 Å². The molecule has 98 valence electrons. The molecule has 1 fully saturated rings. The molecule has 3 unspecified atom stereocenters. The number of carbonyl (C=O) groups is 2. The van der Waals surface area contributed by atoms with E-state index in [2.05, 4.69) is 12.2 Å². The summed E-state index contributed by atoms with van der Waals surface area (Å²) in [6.07, 6.45) is 4.85. The van der Waals surface area contributed by atoms with E-state index in [0.29, 0.717) is 11.0 Å². The zero-order chi connectivity index (χ0) is 12.8. The van der Waals surface area contributed by atoms with Gasteiger partial charge < -0.3 is 10.4 Å². The second-order valence-corrected chi connectivity index (χ2v) is 6.15. The fraction of sp³-hybridized carbons (Fsp3) is 0.833. The summed E-state index contributed by atoms with van der Waals surface area (Å²) in [4.78, 5) is 21.8. The Kier molecular flexibility index (Phi) is 5.82. The fourth-order valence-electron chi connectivity index (χ4n) is 2.18. The summed E-state index contributed by atoms with van der Waals surface area (Å²) in [5.74, 6) is -0.0244. The largest absolute Gasteiger partial charge is 0.480 e. The molecule has 0 saturated heterocycles. The molecule has 0 aromatic carbocycles. The molecular weight excluding hydrogens is 238 g/mol. The van der Waals surface area contributed by atoms with E-state index < -0.39 is 12.0 Å². The van der Waals surface area contributed by atoms with Crippen LogP contribution in [0, 0.1) is 5.92 Å². The molecule has 5 heteroatoms. The first-order chi connectivity index (χ1) is 7.99. The predicted octanol–water partition coefficient (Wildman–Crippen LogP) is 1.89. The Morgan fingerprint density at radius 1 is 1.47 bits per heavy atom. The highest BCUT2D eigenvalue weighted by Gasteiger charge is 2.23. The van der Waals surface area contributed by atoms with Gasteiger partial charge in [-0.2, -0.15) is 11.8 Å². The van der Waals surface area contributed by atoms with Crippen LogP contribution in [-0.2, 0) is 9.59 Å². The zero-order valence-electron chi connectivity index (χ0n) is 10.4. The lowest BCUT2D eigenvalue weighted by Gasteiger charge is -2.27. The Labute approximate surface area is 107 Å². The molecule has 1 aliphatic rings. The molecular formula is C12H21NO3S. The van der Waals surface area contributed by atoms with Crippen molar-refractivity contribution in [3.05, 3.63) is 0 Å². The molecule has 0 bridgehead atoms. The Morgan fingerprint density at radius 2 is 2.18 bits per heavy atom. The van der Waals surface area contributed by atoms with E-state index in [1.165, 1.54) is 26.2 Å². The standard InChI is InChI=1S/C12H21NO3S/c1-8-4-3-5-10(6-8)17-7-11(12(15)16)13-9(2)14/h8,10-11H,3-7H2,1-2H3,(H,13,14)(H,15,16). The molecule has 3 atom stereocenters. The van der Waals surface area contributed by atoms with Gasteiger partial charge in [-0.25, -0.2) is 4.79 Å². The van der Waals surface area contributed by atoms with Gasteiger partial charge in [-0.05, 0) is 18.8 Å². The average molecular weight is 259 g/mol. The highest BCUT2D eigenvalue weighted by atomic mass is 32.2. The summed E-state index contributed by atoms with van der Waals surface area (Å²) in [6, 6.07) is -0.755. The number of aliphatic carboxylic acids is 1. The van der Waals surface area contributed by atoms with Crippen molar-refractivity contribution >= 4 is 23.6 Å². The summed E-state index contributed by atoms with van der Waals surface area (Å²) < 4.78 is 0. The fourth-order valence-corrected chi connectivity index (χ4v) is 3.67. The molecule has 1 aliphatic carbocycles. The lowest BCUT2D eigenvalue weighted by molar-refractivity contribution is -0.140. The van der Waals surface area contributed by atoms with E-state index >= 15 is 0 Å². The molecule has 0 aromatic rings. The molecule has 4 nitrogen and oxygen atoms in total. The summed E-state index contributed by atoms with van der Waals surface area (Å²) in [7, 11) is 0. The summed E-state index contributed by atoms with van der Waals surface area (Å²) in [6.45, 7) is 3.60. The molecule has 0 aliphatic heterocycles. The Morgan fingerprint density at radius 3 is 2.71 bits per heavy atom. The van der Waals surface area contributed by atoms with Crippen molar-refractivity contribution < 1.29 is 14.7 Å². The number of hydrogen-bond donors (Lipinski definition) is 2. The Balaban J connectivity index is 2.35. The van der Waals surface area contributed by atoms with Crippen LogP contribution < -0.4 is 5.32 Å². The summed E-state index contributed by atoms with van der Waals surface area (Å²) in [5.41, 5.74) is 0. The van der Waals surface area contributed by atoms with Crippen molar-refractivity contribution in [1.82, 2.24) is 5.32 Å². The van der Waals surface area contributed by atoms with Crippen molar-refractivity contribution in [2.24, 2.45) is 5.92 Å². The number of thioether (sulfide) groups is 1. The van der Waals surface area contributed by atoms with Crippen LogP contribution in [0.5, 0.6) is 0 Å². The molecule has 17 heavy (non-hydrogen) atoms. The lowest BCUT2D eigenvalue weighted by atomic mass is 9.91. The molecule has 0 spiro atoms. The lowest BCUT2D eigenvalue weighted by Crippen LogP contribution is -2.42. The first kappa shape index (κ1) is 14.4. The molecule has 2 N–H and O–H groups in total. The van der Waals surface area contributed by atoms with Gasteiger partial charge in [-0.3, -0.25) is 4.79 Å². The van der Waals surface area contributed by atoms with Gasteiger partial charge in [-0.1, -0.05) is 19.8 Å². The topological polar surface area (TPSA) is 66.4 Å². The maximum atomic E-state index is 10.9. The van der Waals surface area contributed by atoms with E-state index in [1.807, 2.05) is 0 Å². The number of rotatable bonds is 5. The number of amides is 1. The van der Waals surface area contributed by atoms with Crippen molar-refractivity contribution in [3.63, 3.8) is 0 Å². The molecule has 1 amide bonds. The van der Waals surface area contributed by atoms with Gasteiger partial charge in [0.05, 0.1) is 0 Å². The third-order valence-corrected chi connectivity index (χ3v) is 4.49. The van der Waals surface area contributed by atoms with Gasteiger partial charge in [0.1, 0.15) is 6.04 Å². The van der Waals surface area contributed by atoms with E-state index in [-0.39, 0.29) is 5.91 Å². The number of hydrogen-bond acceptors (Lipinski definition) is 3. The van der Waals surface area contributed by atoms with Crippen molar-refractivity contribution in [1.29, 1.82) is 0 Å². The smallest absolute Gasteiger partial charge is 0.327 e. The first-order valence-electron chi connectivity index (χ1n) is 6.10. The number of nitrogens with one attached hydrogen (secondary N) is 1. The summed E-state index contributed by atoms with van der Waals surface area (Å²) in [5, 5.41) is 12.0. The van der Waals surface area contributed by atoms with Crippen molar-refractivity contribution in [3.8, 4) is 0 Å². The quantitative estimate of drug-likeness (QED) is 0.791. The third-order valence-electron chi connectivity index (χ3n) is 3.06. The third kappa shape index (κ3) is 5.44. The van der Waals surface area contributed by atoms with Crippen molar-refractivity contribution in [2.75, 3.05) is 5.75 Å². The average Bonchev–Trinajstić information content (AvgIpc) is 2.23. The number of carboxylic acid groups (broad SMARTS) is 1.